The van der Waals surface area contributed by atoms with E-state index in [1.165, 1.54) is 7.11 Å². The summed E-state index contributed by atoms with van der Waals surface area (Å²) in [6.07, 6.45) is -4.66. The maximum Gasteiger partial charge on any atom is 0.435 e. The summed E-state index contributed by atoms with van der Waals surface area (Å²) in [6.45, 7) is 0. The number of H-pyrrole nitrogens is 1. The van der Waals surface area contributed by atoms with Gasteiger partial charge in [0.15, 0.2) is 5.69 Å². The van der Waals surface area contributed by atoms with Crippen LogP contribution < -0.4 is 10.5 Å². The summed E-state index contributed by atoms with van der Waals surface area (Å²) in [5, 5.41) is 5.40. The molecule has 1 amide bonds. The zero-order valence-corrected chi connectivity index (χ0v) is 11.0. The van der Waals surface area contributed by atoms with Crippen molar-refractivity contribution < 1.29 is 22.7 Å². The lowest BCUT2D eigenvalue weighted by molar-refractivity contribution is -0.141. The van der Waals surface area contributed by atoms with Gasteiger partial charge in [0, 0.05) is 6.42 Å². The lowest BCUT2D eigenvalue weighted by Gasteiger charge is -2.06. The van der Waals surface area contributed by atoms with Gasteiger partial charge in [-0.25, -0.2) is 0 Å². The molecule has 5 nitrogen and oxygen atoms in total. The molecule has 1 heterocycles. The molecule has 0 aliphatic heterocycles. The predicted molar refractivity (Wildman–Crippen MR) is 67.9 cm³/mol. The molecule has 112 valence electrons. The highest BCUT2D eigenvalue weighted by molar-refractivity contribution is 5.95. The highest BCUT2D eigenvalue weighted by Gasteiger charge is 2.39. The maximum absolute atomic E-state index is 12.8. The van der Waals surface area contributed by atoms with E-state index in [9.17, 15) is 18.0 Å². The second-order valence-corrected chi connectivity index (χ2v) is 4.31. The van der Waals surface area contributed by atoms with Crippen LogP contribution >= 0.6 is 0 Å². The normalized spacial score (nSPS) is 11.4. The van der Waals surface area contributed by atoms with Crippen molar-refractivity contribution in [3.63, 3.8) is 0 Å². The minimum Gasteiger partial charge on any atom is -0.497 e. The summed E-state index contributed by atoms with van der Waals surface area (Å²) in [5.74, 6) is -0.547. The Morgan fingerprint density at radius 2 is 1.95 bits per heavy atom. The first-order valence-corrected chi connectivity index (χ1v) is 5.90. The smallest absolute Gasteiger partial charge is 0.435 e. The summed E-state index contributed by atoms with van der Waals surface area (Å²) in [4.78, 5) is 11.3. The van der Waals surface area contributed by atoms with Crippen LogP contribution in [0.4, 0.5) is 13.2 Å². The molecule has 0 spiro atoms. The molecule has 0 saturated heterocycles. The minimum atomic E-state index is -4.74. The molecule has 0 atom stereocenters. The average Bonchev–Trinajstić information content (AvgIpc) is 2.83. The quantitative estimate of drug-likeness (QED) is 0.907. The van der Waals surface area contributed by atoms with E-state index < -0.39 is 23.3 Å². The lowest BCUT2D eigenvalue weighted by Crippen LogP contribution is -2.19. The van der Waals surface area contributed by atoms with Gasteiger partial charge < -0.3 is 10.5 Å². The fourth-order valence-electron chi connectivity index (χ4n) is 1.92. The lowest BCUT2D eigenvalue weighted by atomic mass is 10.0. The molecule has 0 fully saturated rings. The van der Waals surface area contributed by atoms with E-state index in [1.54, 1.807) is 24.3 Å². The molecule has 0 aliphatic rings. The van der Waals surface area contributed by atoms with Gasteiger partial charge >= 0.3 is 6.18 Å². The molecule has 2 rings (SSSR count). The number of ether oxygens (including phenoxy) is 1. The largest absolute Gasteiger partial charge is 0.497 e. The van der Waals surface area contributed by atoms with Crippen LogP contribution in [0.3, 0.4) is 0 Å². The molecule has 0 unspecified atom stereocenters. The van der Waals surface area contributed by atoms with Gasteiger partial charge in [-0.3, -0.25) is 9.89 Å². The van der Waals surface area contributed by atoms with Gasteiger partial charge in [0.25, 0.3) is 5.91 Å². The first-order valence-electron chi connectivity index (χ1n) is 5.90. The Kier molecular flexibility index (Phi) is 3.88. The Bertz CT molecular complexity index is 648. The van der Waals surface area contributed by atoms with Crippen molar-refractivity contribution in [1.29, 1.82) is 0 Å². The highest BCUT2D eigenvalue weighted by atomic mass is 19.4. The number of halogens is 3. The van der Waals surface area contributed by atoms with Gasteiger partial charge in [0.1, 0.15) is 5.75 Å². The second-order valence-electron chi connectivity index (χ2n) is 4.31. The molecule has 0 radical (unpaired) electrons. The van der Waals surface area contributed by atoms with Crippen molar-refractivity contribution >= 4 is 5.91 Å². The van der Waals surface area contributed by atoms with E-state index in [-0.39, 0.29) is 12.1 Å². The Balaban J connectivity index is 2.35. The van der Waals surface area contributed by atoms with Gasteiger partial charge in [-0.15, -0.1) is 0 Å². The Morgan fingerprint density at radius 3 is 2.43 bits per heavy atom. The van der Waals surface area contributed by atoms with E-state index >= 15 is 0 Å². The Labute approximate surface area is 117 Å². The van der Waals surface area contributed by atoms with Crippen molar-refractivity contribution in [2.75, 3.05) is 7.11 Å². The van der Waals surface area contributed by atoms with E-state index in [0.717, 1.165) is 0 Å². The number of alkyl halides is 3. The third-order valence-electron chi connectivity index (χ3n) is 2.90. The SMILES string of the molecule is COc1ccc(Cc2[nH]nc(C(F)(F)F)c2C(N)=O)cc1. The number of hydrogen-bond donors (Lipinski definition) is 2. The van der Waals surface area contributed by atoms with Crippen LogP contribution in [0.2, 0.25) is 0 Å². The number of methoxy groups -OCH3 is 1. The number of hydrogen-bond acceptors (Lipinski definition) is 3. The number of benzene rings is 1. The first kappa shape index (κ1) is 14.9. The van der Waals surface area contributed by atoms with Gasteiger partial charge in [-0.05, 0) is 17.7 Å². The van der Waals surface area contributed by atoms with Gasteiger partial charge in [0.2, 0.25) is 0 Å². The van der Waals surface area contributed by atoms with Crippen LogP contribution in [0.1, 0.15) is 27.3 Å². The summed E-state index contributed by atoms with van der Waals surface area (Å²) >= 11 is 0. The Morgan fingerprint density at radius 1 is 1.33 bits per heavy atom. The molecular weight excluding hydrogens is 287 g/mol. The number of amides is 1. The number of primary amides is 1. The molecule has 8 heteroatoms. The summed E-state index contributed by atoms with van der Waals surface area (Å²) in [5.41, 5.74) is 3.84. The van der Waals surface area contributed by atoms with E-state index in [4.69, 9.17) is 10.5 Å². The topological polar surface area (TPSA) is 81.0 Å². The number of carbonyl (C=O) groups is 1. The van der Waals surface area contributed by atoms with Gasteiger partial charge in [-0.1, -0.05) is 12.1 Å². The number of rotatable bonds is 4. The van der Waals surface area contributed by atoms with Crippen LogP contribution in [-0.4, -0.2) is 23.2 Å². The molecule has 0 bridgehead atoms. The van der Waals surface area contributed by atoms with Crippen LogP contribution in [0.15, 0.2) is 24.3 Å². The third kappa shape index (κ3) is 3.15. The molecule has 2 aromatic rings. The fraction of sp³-hybridized carbons (Fsp3) is 0.231. The molecule has 0 aliphatic carbocycles. The molecule has 0 saturated carbocycles. The maximum atomic E-state index is 12.8. The highest BCUT2D eigenvalue weighted by Crippen LogP contribution is 2.32. The standard InChI is InChI=1S/C13H12F3N3O2/c1-21-8-4-2-7(3-5-8)6-9-10(12(17)20)11(19-18-9)13(14,15)16/h2-5H,6H2,1H3,(H2,17,20)(H,18,19). The van der Waals surface area contributed by atoms with Crippen molar-refractivity contribution in [1.82, 2.24) is 10.2 Å². The molecule has 1 aromatic carbocycles. The number of aromatic nitrogens is 2. The van der Waals surface area contributed by atoms with Crippen molar-refractivity contribution in [2.24, 2.45) is 5.73 Å². The number of aromatic amines is 1. The van der Waals surface area contributed by atoms with E-state index in [1.807, 2.05) is 0 Å². The third-order valence-corrected chi connectivity index (χ3v) is 2.90. The number of nitrogens with zero attached hydrogens (tertiary/aromatic N) is 1. The Hall–Kier alpha value is -2.51. The average molecular weight is 299 g/mol. The molecule has 3 N–H and O–H groups in total. The molecule has 21 heavy (non-hydrogen) atoms. The second kappa shape index (κ2) is 5.47. The number of nitrogens with two attached hydrogens (primary N) is 1. The van der Waals surface area contributed by atoms with Crippen LogP contribution in [0.5, 0.6) is 5.75 Å². The molecule has 1 aromatic heterocycles. The number of carbonyl (C=O) groups excluding carboxylic acids is 1. The van der Waals surface area contributed by atoms with Gasteiger partial charge in [0.05, 0.1) is 18.4 Å². The minimum absolute atomic E-state index is 0.0278. The summed E-state index contributed by atoms with van der Waals surface area (Å²) < 4.78 is 43.2. The molecular formula is C13H12F3N3O2. The van der Waals surface area contributed by atoms with Crippen molar-refractivity contribution in [2.45, 2.75) is 12.6 Å². The first-order chi connectivity index (χ1) is 9.82. The summed E-state index contributed by atoms with van der Waals surface area (Å²) in [6, 6.07) is 6.69. The van der Waals surface area contributed by atoms with Crippen molar-refractivity contribution in [3.8, 4) is 5.75 Å². The van der Waals surface area contributed by atoms with Crippen LogP contribution in [0.25, 0.3) is 0 Å². The van der Waals surface area contributed by atoms with Crippen LogP contribution in [-0.2, 0) is 12.6 Å². The zero-order chi connectivity index (χ0) is 15.6. The van der Waals surface area contributed by atoms with E-state index in [0.29, 0.717) is 11.3 Å². The monoisotopic (exact) mass is 299 g/mol. The van der Waals surface area contributed by atoms with Crippen LogP contribution in [0, 0.1) is 0 Å². The van der Waals surface area contributed by atoms with E-state index in [2.05, 4.69) is 10.2 Å². The zero-order valence-electron chi connectivity index (χ0n) is 11.0. The van der Waals surface area contributed by atoms with Crippen molar-refractivity contribution in [3.05, 3.63) is 46.8 Å². The predicted octanol–water partition coefficient (Wildman–Crippen LogP) is 2.13. The summed E-state index contributed by atoms with van der Waals surface area (Å²) in [7, 11) is 1.50. The number of nitrogens with one attached hydrogen (secondary N) is 1. The van der Waals surface area contributed by atoms with Gasteiger partial charge in [-0.2, -0.15) is 18.3 Å². The fourth-order valence-corrected chi connectivity index (χ4v) is 1.92.